The molecule has 440 valence electrons. The van der Waals surface area contributed by atoms with Gasteiger partial charge in [-0.2, -0.15) is 0 Å². The van der Waals surface area contributed by atoms with E-state index in [1.54, 1.807) is 13.8 Å². The highest BCUT2D eigenvalue weighted by Crippen LogP contribution is 2.75. The standard InChI is InChI=1S/C54H92O22/c1-22(10-14-33(51(5,6)69)74-49-46(35(60)27(58)21-70-49)76-47-43(68)40(65)37(62)29(20-56)72-47)24-16-17-52(7)30-13-11-25-26(54(30,9)31(59)18-53(24,52)8)12-15-32(50(25,3)4)73-48-42(67)38(63)34(44(75-48)23(2)57)45-41(66)39(64)36(61)28(19-55)71-45/h11,22-24,26-49,55-69H,10,12-21H2,1-9H3/t22-,23-,24?,26?,27-,28-,29+,30?,31-,32+,33-,34+,35+,36-,37+,38+,39+,40-,41-,42-,43+,44-,45?,46-,47-,48-,49+,52+,53-,54+/m1/s1. The Bertz CT molecular complexity index is 1990. The summed E-state index contributed by atoms with van der Waals surface area (Å²) in [4.78, 5) is 0. The lowest BCUT2D eigenvalue weighted by atomic mass is 9.38. The first kappa shape index (κ1) is 60.9. The van der Waals surface area contributed by atoms with Crippen molar-refractivity contribution in [2.45, 2.75) is 254 Å². The Hall–Kier alpha value is -1.14. The molecule has 4 heterocycles. The van der Waals surface area contributed by atoms with E-state index in [1.807, 2.05) is 0 Å². The lowest BCUT2D eigenvalue weighted by Gasteiger charge is -2.67. The third kappa shape index (κ3) is 10.3. The van der Waals surface area contributed by atoms with E-state index in [0.717, 1.165) is 18.4 Å². The number of rotatable bonds is 15. The number of aliphatic hydroxyl groups is 15. The third-order valence-corrected chi connectivity index (χ3v) is 20.9. The minimum absolute atomic E-state index is 0.0163. The van der Waals surface area contributed by atoms with Crippen molar-refractivity contribution < 1.29 is 110 Å². The predicted octanol–water partition coefficient (Wildman–Crippen LogP) is -1.93. The van der Waals surface area contributed by atoms with Crippen LogP contribution in [0.3, 0.4) is 0 Å². The summed E-state index contributed by atoms with van der Waals surface area (Å²) < 4.78 is 42.3. The first-order valence-corrected chi connectivity index (χ1v) is 27.8. The molecule has 8 rings (SSSR count). The quantitative estimate of drug-likeness (QED) is 0.0794. The Morgan fingerprint density at radius 1 is 0.684 bits per heavy atom. The molecular weight excluding hydrogens is 1000 g/mol. The maximum Gasteiger partial charge on any atom is 0.187 e. The van der Waals surface area contributed by atoms with E-state index in [1.165, 1.54) is 6.92 Å². The van der Waals surface area contributed by atoms with Gasteiger partial charge >= 0.3 is 0 Å². The molecule has 0 aromatic rings. The van der Waals surface area contributed by atoms with Gasteiger partial charge in [0.05, 0.1) is 68.1 Å². The lowest BCUT2D eigenvalue weighted by Crippen LogP contribution is -2.68. The molecule has 4 saturated heterocycles. The maximum atomic E-state index is 12.7. The SMILES string of the molecule is C[C@H](CC[C@@H](O[C@@H]1OC[C@@H](O)[C@H](O)[C@H]1O[C@H]1O[C@@H](CO)[C@H](O)[C@@H](O)[C@@H]1O)C(C)(C)O)C1CC[C@@]2(C)C3CC=C4C(CC[C@H](O[C@@H]5O[C@H]([C@@H](C)O)[C@@H](C6O[C@H](CO)[C@@H](O)[C@H](O)[C@H]6O)[C@H](O)[C@H]5O)C4(C)C)[C@]3(C)[C@H](O)C[C@]12C. The van der Waals surface area contributed by atoms with Crippen LogP contribution in [0.25, 0.3) is 0 Å². The molecule has 22 nitrogen and oxygen atoms in total. The Balaban J connectivity index is 0.948. The van der Waals surface area contributed by atoms with Gasteiger partial charge < -0.3 is 110 Å². The highest BCUT2D eigenvalue weighted by molar-refractivity contribution is 5.32. The number of ether oxygens (including phenoxy) is 7. The summed E-state index contributed by atoms with van der Waals surface area (Å²) >= 11 is 0. The van der Waals surface area contributed by atoms with Crippen molar-refractivity contribution in [3.8, 4) is 0 Å². The highest BCUT2D eigenvalue weighted by atomic mass is 16.8. The molecule has 0 bridgehead atoms. The van der Waals surface area contributed by atoms with Crippen LogP contribution in [0, 0.1) is 51.2 Å². The molecule has 30 atom stereocenters. The van der Waals surface area contributed by atoms with E-state index in [2.05, 4.69) is 47.6 Å². The summed E-state index contributed by atoms with van der Waals surface area (Å²) in [6.45, 7) is 16.1. The van der Waals surface area contributed by atoms with Gasteiger partial charge in [-0.25, -0.2) is 0 Å². The van der Waals surface area contributed by atoms with Gasteiger partial charge in [-0.05, 0) is 107 Å². The fourth-order valence-electron chi connectivity index (χ4n) is 16.1. The van der Waals surface area contributed by atoms with E-state index in [9.17, 15) is 76.6 Å². The summed E-state index contributed by atoms with van der Waals surface area (Å²) in [6, 6.07) is 0. The van der Waals surface area contributed by atoms with Gasteiger partial charge in [0.25, 0.3) is 0 Å². The first-order chi connectivity index (χ1) is 35.4. The minimum Gasteiger partial charge on any atom is -0.394 e. The second-order valence-corrected chi connectivity index (χ2v) is 25.9. The highest BCUT2D eigenvalue weighted by Gasteiger charge is 2.70. The van der Waals surface area contributed by atoms with Crippen LogP contribution >= 0.6 is 0 Å². The summed E-state index contributed by atoms with van der Waals surface area (Å²) in [5.74, 6) is -0.928. The Morgan fingerprint density at radius 3 is 1.91 bits per heavy atom. The molecule has 4 aliphatic carbocycles. The molecule has 22 heteroatoms. The van der Waals surface area contributed by atoms with E-state index in [4.69, 9.17) is 33.2 Å². The van der Waals surface area contributed by atoms with Crippen molar-refractivity contribution in [3.05, 3.63) is 11.6 Å². The van der Waals surface area contributed by atoms with Crippen molar-refractivity contribution in [1.29, 1.82) is 0 Å². The van der Waals surface area contributed by atoms with Gasteiger partial charge in [0.1, 0.15) is 73.2 Å². The van der Waals surface area contributed by atoms with Crippen LogP contribution in [-0.4, -0.2) is 237 Å². The second kappa shape index (κ2) is 22.6. The molecular formula is C54H92O22. The molecule has 0 spiro atoms. The molecule has 76 heavy (non-hydrogen) atoms. The number of allylic oxidation sites excluding steroid dienone is 1. The normalized spacial score (nSPS) is 51.9. The predicted molar refractivity (Wildman–Crippen MR) is 265 cm³/mol. The van der Waals surface area contributed by atoms with Crippen molar-refractivity contribution in [3.63, 3.8) is 0 Å². The monoisotopic (exact) mass is 1090 g/mol. The van der Waals surface area contributed by atoms with Crippen LogP contribution in [0.2, 0.25) is 0 Å². The van der Waals surface area contributed by atoms with Crippen molar-refractivity contribution in [2.75, 3.05) is 19.8 Å². The zero-order valence-corrected chi connectivity index (χ0v) is 45.5. The number of hydrogen-bond donors (Lipinski definition) is 15. The Morgan fingerprint density at radius 2 is 1.29 bits per heavy atom. The zero-order chi connectivity index (χ0) is 56.1. The average molecular weight is 1090 g/mol. The molecule has 3 saturated carbocycles. The van der Waals surface area contributed by atoms with Crippen LogP contribution in [0.1, 0.15) is 114 Å². The molecule has 4 aliphatic heterocycles. The van der Waals surface area contributed by atoms with E-state index < -0.39 is 170 Å². The van der Waals surface area contributed by atoms with Crippen LogP contribution in [0.5, 0.6) is 0 Å². The number of aliphatic hydroxyl groups excluding tert-OH is 14. The van der Waals surface area contributed by atoms with E-state index >= 15 is 0 Å². The fourth-order valence-corrected chi connectivity index (χ4v) is 16.1. The van der Waals surface area contributed by atoms with Crippen molar-refractivity contribution in [2.24, 2.45) is 51.2 Å². The van der Waals surface area contributed by atoms with Crippen LogP contribution in [0.4, 0.5) is 0 Å². The van der Waals surface area contributed by atoms with E-state index in [-0.39, 0.29) is 41.1 Å². The minimum atomic E-state index is -1.80. The Labute approximate surface area is 445 Å². The molecule has 0 amide bonds. The number of fused-ring (bicyclic) bond motifs is 5. The summed E-state index contributed by atoms with van der Waals surface area (Å²) in [5, 5.41) is 163. The van der Waals surface area contributed by atoms with Gasteiger partial charge in [0.2, 0.25) is 0 Å². The molecule has 15 N–H and O–H groups in total. The topological polar surface area (TPSA) is 368 Å². The summed E-state index contributed by atoms with van der Waals surface area (Å²) in [7, 11) is 0. The largest absolute Gasteiger partial charge is 0.394 e. The average Bonchev–Trinajstić information content (AvgIpc) is 3.63. The molecule has 0 radical (unpaired) electrons. The second-order valence-electron chi connectivity index (χ2n) is 25.9. The zero-order valence-electron chi connectivity index (χ0n) is 45.5. The van der Waals surface area contributed by atoms with Gasteiger partial charge in [-0.1, -0.05) is 53.2 Å². The van der Waals surface area contributed by atoms with Crippen LogP contribution in [-0.2, 0) is 33.2 Å². The first-order valence-electron chi connectivity index (χ1n) is 27.8. The molecule has 7 fully saturated rings. The van der Waals surface area contributed by atoms with Crippen molar-refractivity contribution in [1.82, 2.24) is 0 Å². The van der Waals surface area contributed by atoms with Crippen LogP contribution in [0.15, 0.2) is 11.6 Å². The lowest BCUT2D eigenvalue weighted by molar-refractivity contribution is -0.364. The molecule has 8 aliphatic rings. The number of hydrogen-bond acceptors (Lipinski definition) is 22. The summed E-state index contributed by atoms with van der Waals surface area (Å²) in [5.41, 5.74) is -1.93. The molecule has 0 aromatic heterocycles. The molecule has 0 aromatic carbocycles. The van der Waals surface area contributed by atoms with Gasteiger partial charge in [-0.15, -0.1) is 0 Å². The third-order valence-electron chi connectivity index (χ3n) is 20.9. The van der Waals surface area contributed by atoms with Gasteiger partial charge in [-0.3, -0.25) is 0 Å². The van der Waals surface area contributed by atoms with Gasteiger partial charge in [0.15, 0.2) is 18.9 Å². The van der Waals surface area contributed by atoms with E-state index in [0.29, 0.717) is 38.5 Å². The van der Waals surface area contributed by atoms with Crippen molar-refractivity contribution >= 4 is 0 Å². The maximum absolute atomic E-state index is 12.7. The fraction of sp³-hybridized carbons (Fsp3) is 0.963. The molecule has 4 unspecified atom stereocenters. The smallest absolute Gasteiger partial charge is 0.187 e. The van der Waals surface area contributed by atoms with Crippen LogP contribution < -0.4 is 0 Å². The Kier molecular flexibility index (Phi) is 18.1. The van der Waals surface area contributed by atoms with Gasteiger partial charge in [0, 0.05) is 16.7 Å². The summed E-state index contributed by atoms with van der Waals surface area (Å²) in [6.07, 6.45) is -23.8.